The molecule has 2 aromatic rings. The molecule has 0 unspecified atom stereocenters. The van der Waals surface area contributed by atoms with Gasteiger partial charge in [-0.15, -0.1) is 0 Å². The average molecular weight is 356 g/mol. The van der Waals surface area contributed by atoms with Gasteiger partial charge in [0, 0.05) is 11.1 Å². The van der Waals surface area contributed by atoms with Crippen molar-refractivity contribution in [2.45, 2.75) is 0 Å². The van der Waals surface area contributed by atoms with Crippen LogP contribution < -0.4 is 4.74 Å². The summed E-state index contributed by atoms with van der Waals surface area (Å²) in [5.41, 5.74) is 1.32. The molecule has 100 valence electrons. The van der Waals surface area contributed by atoms with Crippen molar-refractivity contribution in [2.24, 2.45) is 0 Å². The summed E-state index contributed by atoms with van der Waals surface area (Å²) < 4.78 is 5.09. The molecule has 0 heterocycles. The van der Waals surface area contributed by atoms with Crippen LogP contribution in [-0.4, -0.2) is 7.11 Å². The Labute approximate surface area is 135 Å². The van der Waals surface area contributed by atoms with Gasteiger partial charge in [-0.2, -0.15) is 0 Å². The Bertz CT molecular complexity index is 639. The zero-order chi connectivity index (χ0) is 14.2. The second-order valence-electron chi connectivity index (χ2n) is 3.69. The highest BCUT2D eigenvalue weighted by Crippen LogP contribution is 2.43. The van der Waals surface area contributed by atoms with Crippen LogP contribution in [0.2, 0.25) is 25.1 Å². The molecule has 0 amide bonds. The summed E-state index contributed by atoms with van der Waals surface area (Å²) in [6.07, 6.45) is 0. The standard InChI is InChI=1S/C13H7Cl5O/c1-19-11-3-2-6(12(17)13(11)18)7-4-9(15)10(16)5-8(7)14/h2-5H,1H3. The first-order valence-electron chi connectivity index (χ1n) is 5.12. The molecule has 2 aromatic carbocycles. The van der Waals surface area contributed by atoms with E-state index >= 15 is 0 Å². The molecule has 6 heteroatoms. The van der Waals surface area contributed by atoms with Crippen LogP contribution in [0.1, 0.15) is 0 Å². The highest BCUT2D eigenvalue weighted by atomic mass is 35.5. The third-order valence-electron chi connectivity index (χ3n) is 2.57. The molecule has 0 saturated carbocycles. The summed E-state index contributed by atoms with van der Waals surface area (Å²) in [5, 5.41) is 1.89. The van der Waals surface area contributed by atoms with Crippen molar-refractivity contribution in [3.8, 4) is 16.9 Å². The SMILES string of the molecule is COc1ccc(-c2cc(Cl)c(Cl)cc2Cl)c(Cl)c1Cl. The molecule has 0 bridgehead atoms. The van der Waals surface area contributed by atoms with E-state index in [0.29, 0.717) is 42.0 Å². The van der Waals surface area contributed by atoms with Gasteiger partial charge in [-0.25, -0.2) is 0 Å². The molecular weight excluding hydrogens is 349 g/mol. The van der Waals surface area contributed by atoms with Crippen molar-refractivity contribution in [2.75, 3.05) is 7.11 Å². The Morgan fingerprint density at radius 3 is 2.00 bits per heavy atom. The van der Waals surface area contributed by atoms with E-state index in [2.05, 4.69) is 0 Å². The van der Waals surface area contributed by atoms with Crippen LogP contribution >= 0.6 is 58.0 Å². The summed E-state index contributed by atoms with van der Waals surface area (Å²) >= 11 is 30.4. The second kappa shape index (κ2) is 5.99. The lowest BCUT2D eigenvalue weighted by atomic mass is 10.1. The molecule has 0 aliphatic heterocycles. The van der Waals surface area contributed by atoms with Crippen molar-refractivity contribution < 1.29 is 4.74 Å². The van der Waals surface area contributed by atoms with E-state index in [1.54, 1.807) is 24.3 Å². The molecule has 0 radical (unpaired) electrons. The smallest absolute Gasteiger partial charge is 0.139 e. The van der Waals surface area contributed by atoms with Crippen molar-refractivity contribution in [1.29, 1.82) is 0 Å². The van der Waals surface area contributed by atoms with Gasteiger partial charge in [-0.1, -0.05) is 58.0 Å². The molecule has 0 N–H and O–H groups in total. The Hall–Kier alpha value is -0.310. The summed E-state index contributed by atoms with van der Waals surface area (Å²) in [7, 11) is 1.52. The van der Waals surface area contributed by atoms with Gasteiger partial charge in [0.15, 0.2) is 0 Å². The van der Waals surface area contributed by atoms with Gasteiger partial charge in [-0.05, 0) is 24.3 Å². The summed E-state index contributed by atoms with van der Waals surface area (Å²) in [6.45, 7) is 0. The highest BCUT2D eigenvalue weighted by Gasteiger charge is 2.15. The molecule has 1 nitrogen and oxygen atoms in total. The largest absolute Gasteiger partial charge is 0.495 e. The molecule has 0 aliphatic rings. The van der Waals surface area contributed by atoms with E-state index in [9.17, 15) is 0 Å². The highest BCUT2D eigenvalue weighted by molar-refractivity contribution is 6.46. The van der Waals surface area contributed by atoms with E-state index in [0.717, 1.165) is 0 Å². The number of methoxy groups -OCH3 is 1. The molecule has 0 aliphatic carbocycles. The third kappa shape index (κ3) is 2.91. The van der Waals surface area contributed by atoms with E-state index in [4.69, 9.17) is 62.7 Å². The quantitative estimate of drug-likeness (QED) is 0.549. The van der Waals surface area contributed by atoms with Gasteiger partial charge in [-0.3, -0.25) is 0 Å². The lowest BCUT2D eigenvalue weighted by Gasteiger charge is -2.12. The Morgan fingerprint density at radius 1 is 0.737 bits per heavy atom. The van der Waals surface area contributed by atoms with Crippen LogP contribution in [-0.2, 0) is 0 Å². The Kier molecular flexibility index (Phi) is 4.75. The second-order valence-corrected chi connectivity index (χ2v) is 5.67. The van der Waals surface area contributed by atoms with Crippen LogP contribution in [0.25, 0.3) is 11.1 Å². The maximum Gasteiger partial charge on any atom is 0.139 e. The number of rotatable bonds is 2. The topological polar surface area (TPSA) is 9.23 Å². The van der Waals surface area contributed by atoms with Gasteiger partial charge in [0.25, 0.3) is 0 Å². The molecule has 2 rings (SSSR count). The zero-order valence-corrected chi connectivity index (χ0v) is 13.4. The van der Waals surface area contributed by atoms with Gasteiger partial charge < -0.3 is 4.74 Å². The predicted octanol–water partition coefficient (Wildman–Crippen LogP) is 6.63. The lowest BCUT2D eigenvalue weighted by molar-refractivity contribution is 0.415. The third-order valence-corrected chi connectivity index (χ3v) is 4.47. The molecule has 0 fully saturated rings. The van der Waals surface area contributed by atoms with Crippen molar-refractivity contribution >= 4 is 58.0 Å². The predicted molar refractivity (Wildman–Crippen MR) is 83.5 cm³/mol. The van der Waals surface area contributed by atoms with E-state index in [1.165, 1.54) is 7.11 Å². The fourth-order valence-corrected chi connectivity index (χ4v) is 2.77. The van der Waals surface area contributed by atoms with Gasteiger partial charge in [0.05, 0.1) is 27.2 Å². The fourth-order valence-electron chi connectivity index (χ4n) is 1.63. The van der Waals surface area contributed by atoms with Crippen LogP contribution in [0.5, 0.6) is 5.75 Å². The molecule has 0 atom stereocenters. The Morgan fingerprint density at radius 2 is 1.37 bits per heavy atom. The zero-order valence-electron chi connectivity index (χ0n) is 9.61. The van der Waals surface area contributed by atoms with Crippen LogP contribution in [0, 0.1) is 0 Å². The van der Waals surface area contributed by atoms with Crippen LogP contribution in [0.15, 0.2) is 24.3 Å². The minimum absolute atomic E-state index is 0.323. The molecular formula is C13H7Cl5O. The van der Waals surface area contributed by atoms with Crippen molar-refractivity contribution in [3.05, 3.63) is 49.4 Å². The van der Waals surface area contributed by atoms with Crippen LogP contribution in [0.3, 0.4) is 0 Å². The van der Waals surface area contributed by atoms with Crippen molar-refractivity contribution in [3.63, 3.8) is 0 Å². The van der Waals surface area contributed by atoms with Gasteiger partial charge >= 0.3 is 0 Å². The first-order chi connectivity index (χ1) is 8.95. The number of halogens is 5. The molecule has 0 aromatic heterocycles. The molecule has 0 saturated heterocycles. The lowest BCUT2D eigenvalue weighted by Crippen LogP contribution is -1.88. The molecule has 0 spiro atoms. The maximum absolute atomic E-state index is 6.23. The number of ether oxygens (including phenoxy) is 1. The maximum atomic E-state index is 6.23. The minimum atomic E-state index is 0.323. The number of hydrogen-bond donors (Lipinski definition) is 0. The normalized spacial score (nSPS) is 10.6. The van der Waals surface area contributed by atoms with Gasteiger partial charge in [0.2, 0.25) is 0 Å². The summed E-state index contributed by atoms with van der Waals surface area (Å²) in [6, 6.07) is 6.69. The van der Waals surface area contributed by atoms with Crippen LogP contribution in [0.4, 0.5) is 0 Å². The van der Waals surface area contributed by atoms with E-state index in [1.807, 2.05) is 0 Å². The monoisotopic (exact) mass is 354 g/mol. The van der Waals surface area contributed by atoms with Crippen molar-refractivity contribution in [1.82, 2.24) is 0 Å². The minimum Gasteiger partial charge on any atom is -0.495 e. The summed E-state index contributed by atoms with van der Waals surface area (Å²) in [4.78, 5) is 0. The van der Waals surface area contributed by atoms with Gasteiger partial charge in [0.1, 0.15) is 10.8 Å². The summed E-state index contributed by atoms with van der Waals surface area (Å²) in [5.74, 6) is 0.492. The fraction of sp³-hybridized carbons (Fsp3) is 0.0769. The number of hydrogen-bond acceptors (Lipinski definition) is 1. The van der Waals surface area contributed by atoms with E-state index < -0.39 is 0 Å². The number of benzene rings is 2. The Balaban J connectivity index is 2.66. The first kappa shape index (κ1) is 15.1. The average Bonchev–Trinajstić information content (AvgIpc) is 2.37. The van der Waals surface area contributed by atoms with E-state index in [-0.39, 0.29) is 0 Å². The molecule has 19 heavy (non-hydrogen) atoms. The first-order valence-corrected chi connectivity index (χ1v) is 7.01.